The summed E-state index contributed by atoms with van der Waals surface area (Å²) < 4.78 is 5.91. The van der Waals surface area contributed by atoms with Crippen molar-refractivity contribution < 1.29 is 4.74 Å². The van der Waals surface area contributed by atoms with E-state index in [1.54, 1.807) is 11.1 Å². The molecule has 0 amide bonds. The van der Waals surface area contributed by atoms with Gasteiger partial charge < -0.3 is 10.1 Å². The Hall–Kier alpha value is -3.95. The summed E-state index contributed by atoms with van der Waals surface area (Å²) in [5.41, 5.74) is 16.4. The third-order valence-electron chi connectivity index (χ3n) is 12.7. The molecule has 1 fully saturated rings. The molecule has 2 aliphatic heterocycles. The van der Waals surface area contributed by atoms with Crippen LogP contribution in [0.25, 0.3) is 27.7 Å². The van der Waals surface area contributed by atoms with Crippen molar-refractivity contribution in [1.29, 1.82) is 0 Å². The molecule has 0 bridgehead atoms. The minimum absolute atomic E-state index is 0.0597. The van der Waals surface area contributed by atoms with E-state index in [-0.39, 0.29) is 10.8 Å². The van der Waals surface area contributed by atoms with Gasteiger partial charge >= 0.3 is 0 Å². The molecule has 3 heterocycles. The third kappa shape index (κ3) is 3.67. The molecule has 0 saturated heterocycles. The Balaban J connectivity index is 1.01. The summed E-state index contributed by atoms with van der Waals surface area (Å²) in [5.74, 6) is 2.33. The van der Waals surface area contributed by atoms with Gasteiger partial charge in [0.25, 0.3) is 0 Å². The molecule has 230 valence electrons. The quantitative estimate of drug-likeness (QED) is 0.317. The first-order chi connectivity index (χ1) is 22.3. The molecular weight excluding hydrogens is 560 g/mol. The Labute approximate surface area is 272 Å². The van der Waals surface area contributed by atoms with Crippen molar-refractivity contribution in [2.75, 3.05) is 18.5 Å². The number of nitrogens with zero attached hydrogens (tertiary/aromatic N) is 1. The average Bonchev–Trinajstić information content (AvgIpc) is 3.85. The smallest absolute Gasteiger partial charge is 0.0943 e. The normalized spacial score (nSPS) is 30.5. The second-order valence-corrected chi connectivity index (χ2v) is 15.8. The molecule has 3 nitrogen and oxygen atoms in total. The van der Waals surface area contributed by atoms with E-state index < -0.39 is 0 Å². The Morgan fingerprint density at radius 2 is 1.85 bits per heavy atom. The summed E-state index contributed by atoms with van der Waals surface area (Å²) in [5, 5.41) is 5.31. The monoisotopic (exact) mass is 602 g/mol. The van der Waals surface area contributed by atoms with Crippen molar-refractivity contribution in [3.05, 3.63) is 124 Å². The van der Waals surface area contributed by atoms with Crippen LogP contribution in [0.1, 0.15) is 69.6 Å². The molecule has 0 radical (unpaired) electrons. The zero-order valence-electron chi connectivity index (χ0n) is 27.4. The Bertz CT molecular complexity index is 2060. The van der Waals surface area contributed by atoms with Crippen LogP contribution in [0.4, 0.5) is 5.69 Å². The van der Waals surface area contributed by atoms with Gasteiger partial charge in [0.05, 0.1) is 36.2 Å². The maximum Gasteiger partial charge on any atom is 0.0943 e. The standard InChI is InChI=1S/C43H42N2O/c1-42(2)34-9-6-5-8-27(34)28-16-13-26(21-37(28)42)39-32-22-31(32)30-17-11-24-14-18-38(44-40(24)41(30)45-39)25-12-15-29-33-23-46-19-7-10-35(33)43(3,4)36(29)20-25/h5,7-8,10-18,20-21,28,31-32,37,39,45H,6,9,19,22-23H2,1-4H3. The van der Waals surface area contributed by atoms with E-state index in [0.717, 1.165) is 11.2 Å². The average molecular weight is 603 g/mol. The molecule has 46 heavy (non-hydrogen) atoms. The fourth-order valence-electron chi connectivity index (χ4n) is 10.1. The van der Waals surface area contributed by atoms with Crippen molar-refractivity contribution >= 4 is 22.2 Å². The first-order valence-corrected chi connectivity index (χ1v) is 17.4. The van der Waals surface area contributed by atoms with Crippen molar-refractivity contribution in [2.45, 2.75) is 64.3 Å². The zero-order chi connectivity index (χ0) is 30.9. The molecule has 0 spiro atoms. The molecule has 5 unspecified atom stereocenters. The van der Waals surface area contributed by atoms with Gasteiger partial charge in [-0.15, -0.1) is 0 Å². The maximum absolute atomic E-state index is 5.91. The van der Waals surface area contributed by atoms with Gasteiger partial charge in [0.1, 0.15) is 0 Å². The van der Waals surface area contributed by atoms with Crippen molar-refractivity contribution in [2.24, 2.45) is 23.2 Å². The van der Waals surface area contributed by atoms with Gasteiger partial charge in [-0.05, 0) is 93.5 Å². The minimum Gasteiger partial charge on any atom is -0.376 e. The number of benzene rings is 2. The Morgan fingerprint density at radius 3 is 2.76 bits per heavy atom. The number of nitrogens with one attached hydrogen (secondary N) is 1. The number of rotatable bonds is 2. The number of hydrogen-bond acceptors (Lipinski definition) is 3. The number of ether oxygens (including phenoxy) is 1. The molecule has 1 aromatic heterocycles. The number of anilines is 1. The van der Waals surface area contributed by atoms with Crippen LogP contribution in [-0.2, 0) is 10.2 Å². The van der Waals surface area contributed by atoms with Gasteiger partial charge in [-0.3, -0.25) is 0 Å². The summed E-state index contributed by atoms with van der Waals surface area (Å²) >= 11 is 0. The van der Waals surface area contributed by atoms with Crippen LogP contribution in [0.2, 0.25) is 0 Å². The van der Waals surface area contributed by atoms with E-state index in [2.05, 4.69) is 118 Å². The van der Waals surface area contributed by atoms with Gasteiger partial charge in [-0.1, -0.05) is 106 Å². The molecule has 5 atom stereocenters. The molecule has 10 rings (SSSR count). The first kappa shape index (κ1) is 27.2. The summed E-state index contributed by atoms with van der Waals surface area (Å²) in [6.45, 7) is 11.0. The first-order valence-electron chi connectivity index (χ1n) is 17.4. The third-order valence-corrected chi connectivity index (χ3v) is 12.7. The molecule has 1 N–H and O–H groups in total. The predicted octanol–water partition coefficient (Wildman–Crippen LogP) is 9.85. The van der Waals surface area contributed by atoms with Crippen LogP contribution in [0.3, 0.4) is 0 Å². The number of allylic oxidation sites excluding steroid dienone is 8. The van der Waals surface area contributed by atoms with Crippen molar-refractivity contribution in [3.63, 3.8) is 0 Å². The molecule has 7 aliphatic rings. The van der Waals surface area contributed by atoms with E-state index in [1.165, 1.54) is 69.3 Å². The highest BCUT2D eigenvalue weighted by Crippen LogP contribution is 2.61. The van der Waals surface area contributed by atoms with E-state index in [4.69, 9.17) is 9.72 Å². The Kier molecular flexibility index (Phi) is 5.51. The number of fused-ring (bicyclic) bond motifs is 9. The van der Waals surface area contributed by atoms with E-state index in [9.17, 15) is 0 Å². The van der Waals surface area contributed by atoms with E-state index in [0.29, 0.717) is 42.9 Å². The maximum atomic E-state index is 5.91. The fourth-order valence-corrected chi connectivity index (χ4v) is 10.1. The van der Waals surface area contributed by atoms with Crippen molar-refractivity contribution in [3.8, 4) is 11.3 Å². The topological polar surface area (TPSA) is 34.1 Å². The molecular formula is C43H42N2O. The van der Waals surface area contributed by atoms with Crippen LogP contribution < -0.4 is 5.32 Å². The van der Waals surface area contributed by atoms with Crippen LogP contribution in [0.15, 0.2) is 107 Å². The molecule has 3 aromatic rings. The lowest BCUT2D eigenvalue weighted by atomic mass is 9.70. The second kappa shape index (κ2) is 9.32. The van der Waals surface area contributed by atoms with Crippen LogP contribution in [0, 0.1) is 23.2 Å². The lowest BCUT2D eigenvalue weighted by Crippen LogP contribution is -2.32. The van der Waals surface area contributed by atoms with Gasteiger partial charge in [-0.2, -0.15) is 0 Å². The molecule has 1 saturated carbocycles. The highest BCUT2D eigenvalue weighted by atomic mass is 16.5. The minimum atomic E-state index is -0.0597. The lowest BCUT2D eigenvalue weighted by Gasteiger charge is -2.36. The van der Waals surface area contributed by atoms with Gasteiger partial charge in [-0.25, -0.2) is 4.98 Å². The van der Waals surface area contributed by atoms with Gasteiger partial charge in [0.15, 0.2) is 0 Å². The SMILES string of the molecule is CC1(C)C2=C(COCC=C2)c2ccc(-c3ccc4ccc5c(c4n3)NC(C3=CC4C(C=C3)C3=C(CCC=C3)C4(C)C)C3CC53)cc21. The highest BCUT2D eigenvalue weighted by Gasteiger charge is 2.52. The summed E-state index contributed by atoms with van der Waals surface area (Å²) in [4.78, 5) is 5.43. The van der Waals surface area contributed by atoms with Crippen molar-refractivity contribution in [1.82, 2.24) is 4.98 Å². The second-order valence-electron chi connectivity index (χ2n) is 15.8. The predicted molar refractivity (Wildman–Crippen MR) is 189 cm³/mol. The summed E-state index contributed by atoms with van der Waals surface area (Å²) in [6.07, 6.45) is 20.5. The summed E-state index contributed by atoms with van der Waals surface area (Å²) in [6, 6.07) is 16.4. The van der Waals surface area contributed by atoms with Crippen LogP contribution in [-0.4, -0.2) is 24.2 Å². The summed E-state index contributed by atoms with van der Waals surface area (Å²) in [7, 11) is 0. The fraction of sp³-hybridized carbons (Fsp3) is 0.372. The number of hydrogen-bond donors (Lipinski definition) is 1. The number of aromatic nitrogens is 1. The van der Waals surface area contributed by atoms with Crippen LogP contribution in [0.5, 0.6) is 0 Å². The van der Waals surface area contributed by atoms with Gasteiger partial charge in [0, 0.05) is 22.3 Å². The highest BCUT2D eigenvalue weighted by molar-refractivity contribution is 5.95. The molecule has 3 heteroatoms. The van der Waals surface area contributed by atoms with E-state index >= 15 is 0 Å². The molecule has 5 aliphatic carbocycles. The Morgan fingerprint density at radius 1 is 0.957 bits per heavy atom. The van der Waals surface area contributed by atoms with Crippen LogP contribution >= 0.6 is 0 Å². The zero-order valence-corrected chi connectivity index (χ0v) is 27.4. The number of pyridine rings is 1. The van der Waals surface area contributed by atoms with Gasteiger partial charge in [0.2, 0.25) is 0 Å². The van der Waals surface area contributed by atoms with E-state index in [1.807, 2.05) is 0 Å². The molecule has 2 aromatic carbocycles. The lowest BCUT2D eigenvalue weighted by molar-refractivity contribution is 0.200. The largest absolute Gasteiger partial charge is 0.376 e.